The molecule has 2 fully saturated rings. The zero-order chi connectivity index (χ0) is 26.7. The van der Waals surface area contributed by atoms with Gasteiger partial charge in [-0.3, -0.25) is 19.4 Å². The number of nitrogens with one attached hydrogen (secondary N) is 1. The Hall–Kier alpha value is -3.54. The van der Waals surface area contributed by atoms with Crippen molar-refractivity contribution in [2.45, 2.75) is 71.4 Å². The van der Waals surface area contributed by atoms with E-state index < -0.39 is 17.4 Å². The lowest BCUT2D eigenvalue weighted by Gasteiger charge is -2.33. The van der Waals surface area contributed by atoms with Crippen LogP contribution in [0.25, 0.3) is 5.57 Å². The van der Waals surface area contributed by atoms with Crippen molar-refractivity contribution in [2.24, 2.45) is 11.3 Å². The number of allylic oxidation sites excluding steroid dienone is 2. The smallest absolute Gasteiger partial charge is 0.245 e. The molecule has 1 aliphatic carbocycles. The van der Waals surface area contributed by atoms with Crippen molar-refractivity contribution >= 4 is 29.0 Å². The molecule has 2 atom stereocenters. The Labute approximate surface area is 218 Å². The molecule has 1 N–H and O–H groups in total. The van der Waals surface area contributed by atoms with Gasteiger partial charge in [-0.05, 0) is 37.2 Å². The number of carbonyl (C=O) groups is 3. The Morgan fingerprint density at radius 2 is 1.97 bits per heavy atom. The number of piperidine rings is 1. The van der Waals surface area contributed by atoms with E-state index in [-0.39, 0.29) is 30.1 Å². The number of likely N-dealkylation sites (tertiary alicyclic amines) is 2. The second-order valence-corrected chi connectivity index (χ2v) is 11.2. The summed E-state index contributed by atoms with van der Waals surface area (Å²) in [4.78, 5) is 51.5. The molecule has 2 amide bonds. The highest BCUT2D eigenvalue weighted by molar-refractivity contribution is 6.22. The van der Waals surface area contributed by atoms with Crippen LogP contribution >= 0.6 is 0 Å². The van der Waals surface area contributed by atoms with Gasteiger partial charge in [0.2, 0.25) is 11.8 Å². The van der Waals surface area contributed by atoms with E-state index in [1.807, 2.05) is 26.8 Å². The quantitative estimate of drug-likeness (QED) is 0.567. The summed E-state index contributed by atoms with van der Waals surface area (Å²) < 4.78 is 0. The predicted molar refractivity (Wildman–Crippen MR) is 140 cm³/mol. The van der Waals surface area contributed by atoms with E-state index in [0.29, 0.717) is 49.6 Å². The van der Waals surface area contributed by atoms with Crippen LogP contribution in [-0.4, -0.2) is 69.1 Å². The number of amides is 2. The summed E-state index contributed by atoms with van der Waals surface area (Å²) in [6, 6.07) is 1.97. The fourth-order valence-corrected chi connectivity index (χ4v) is 5.40. The first-order valence-electron chi connectivity index (χ1n) is 13.1. The van der Waals surface area contributed by atoms with E-state index in [4.69, 9.17) is 4.98 Å². The van der Waals surface area contributed by atoms with Gasteiger partial charge in [0.05, 0.1) is 29.6 Å². The molecule has 0 spiro atoms. The van der Waals surface area contributed by atoms with E-state index in [2.05, 4.69) is 22.9 Å². The van der Waals surface area contributed by atoms with Crippen LogP contribution in [-0.2, 0) is 20.8 Å². The third-order valence-corrected chi connectivity index (χ3v) is 7.65. The molecule has 37 heavy (non-hydrogen) atoms. The van der Waals surface area contributed by atoms with Gasteiger partial charge in [-0.15, -0.1) is 0 Å². The zero-order valence-electron chi connectivity index (χ0n) is 22.0. The van der Waals surface area contributed by atoms with Gasteiger partial charge in [0, 0.05) is 44.1 Å². The Morgan fingerprint density at radius 1 is 1.24 bits per heavy atom. The molecule has 3 aliphatic rings. The van der Waals surface area contributed by atoms with Crippen LogP contribution in [0.5, 0.6) is 0 Å². The standard InChI is InChI=1S/C28H36N6O3/c1-5-25(36)33-13-10-18(11-14-33)31-24-17-30-22-9-8-20(26(22)32-24)23(35)15-21(28(2,3)4)27(37)34-12-6-7-19(34)16-29/h5,8,17-19,21H,1,6-7,9-15H2,2-4H3,(H,31,32)/t19-,21?/m0/s1. The minimum atomic E-state index is -0.531. The van der Waals surface area contributed by atoms with Gasteiger partial charge < -0.3 is 15.1 Å². The number of aromatic nitrogens is 2. The molecule has 2 saturated heterocycles. The van der Waals surface area contributed by atoms with Gasteiger partial charge in [0.25, 0.3) is 0 Å². The Balaban J connectivity index is 1.45. The number of ketones is 1. The van der Waals surface area contributed by atoms with Crippen LogP contribution in [0.3, 0.4) is 0 Å². The Morgan fingerprint density at radius 3 is 2.62 bits per heavy atom. The van der Waals surface area contributed by atoms with E-state index in [9.17, 15) is 19.6 Å². The zero-order valence-corrected chi connectivity index (χ0v) is 22.0. The van der Waals surface area contributed by atoms with Crippen LogP contribution < -0.4 is 5.32 Å². The maximum atomic E-state index is 13.5. The van der Waals surface area contributed by atoms with Gasteiger partial charge in [-0.2, -0.15) is 5.26 Å². The fraction of sp³-hybridized carbons (Fsp3) is 0.571. The number of hydrogen-bond acceptors (Lipinski definition) is 7. The average molecular weight is 505 g/mol. The van der Waals surface area contributed by atoms with Gasteiger partial charge in [-0.25, -0.2) is 4.98 Å². The molecule has 2 aliphatic heterocycles. The Kier molecular flexibility index (Phi) is 7.76. The SMILES string of the molecule is C=CC(=O)N1CCC(Nc2cnc3c(n2)C(C(=O)CC(C(=O)N2CCC[C@H]2C#N)C(C)(C)C)=CC3)CC1. The molecule has 4 rings (SSSR count). The second kappa shape index (κ2) is 10.8. The highest BCUT2D eigenvalue weighted by atomic mass is 16.2. The summed E-state index contributed by atoms with van der Waals surface area (Å²) in [7, 11) is 0. The molecular weight excluding hydrogens is 468 g/mol. The number of nitriles is 1. The van der Waals surface area contributed by atoms with Crippen molar-refractivity contribution in [1.82, 2.24) is 19.8 Å². The second-order valence-electron chi connectivity index (χ2n) is 11.2. The average Bonchev–Trinajstić information content (AvgIpc) is 3.53. The lowest BCUT2D eigenvalue weighted by molar-refractivity contribution is -0.141. The first kappa shape index (κ1) is 26.5. The number of fused-ring (bicyclic) bond motifs is 1. The van der Waals surface area contributed by atoms with E-state index >= 15 is 0 Å². The van der Waals surface area contributed by atoms with Crippen LogP contribution in [0.4, 0.5) is 5.82 Å². The molecule has 9 heteroatoms. The summed E-state index contributed by atoms with van der Waals surface area (Å²) in [6.07, 6.45) is 8.55. The van der Waals surface area contributed by atoms with Gasteiger partial charge in [0.15, 0.2) is 5.78 Å². The molecule has 0 radical (unpaired) electrons. The topological polar surface area (TPSA) is 119 Å². The predicted octanol–water partition coefficient (Wildman–Crippen LogP) is 3.14. The summed E-state index contributed by atoms with van der Waals surface area (Å²) >= 11 is 0. The van der Waals surface area contributed by atoms with Crippen molar-refractivity contribution < 1.29 is 14.4 Å². The molecule has 3 heterocycles. The number of hydrogen-bond donors (Lipinski definition) is 1. The van der Waals surface area contributed by atoms with Gasteiger partial charge >= 0.3 is 0 Å². The van der Waals surface area contributed by atoms with Gasteiger partial charge in [-0.1, -0.05) is 33.4 Å². The van der Waals surface area contributed by atoms with Crippen LogP contribution in [0.15, 0.2) is 24.9 Å². The third-order valence-electron chi connectivity index (χ3n) is 7.65. The molecule has 0 bridgehead atoms. The molecule has 1 unspecified atom stereocenters. The highest BCUT2D eigenvalue weighted by Gasteiger charge is 2.40. The maximum Gasteiger partial charge on any atom is 0.245 e. The highest BCUT2D eigenvalue weighted by Crippen LogP contribution is 2.36. The summed E-state index contributed by atoms with van der Waals surface area (Å²) in [5, 5.41) is 12.9. The molecule has 1 aromatic rings. The van der Waals surface area contributed by atoms with E-state index in [0.717, 1.165) is 25.0 Å². The molecule has 0 aromatic carbocycles. The molecule has 9 nitrogen and oxygen atoms in total. The minimum Gasteiger partial charge on any atom is -0.366 e. The number of rotatable bonds is 7. The maximum absolute atomic E-state index is 13.5. The van der Waals surface area contributed by atoms with Gasteiger partial charge in [0.1, 0.15) is 11.9 Å². The number of nitrogens with zero attached hydrogens (tertiary/aromatic N) is 5. The van der Waals surface area contributed by atoms with Crippen LogP contribution in [0.1, 0.15) is 64.3 Å². The van der Waals surface area contributed by atoms with Crippen molar-refractivity contribution in [2.75, 3.05) is 25.0 Å². The number of Topliss-reactive ketones (excluding diaryl/α,β-unsaturated/α-hetero) is 1. The number of anilines is 1. The fourth-order valence-electron chi connectivity index (χ4n) is 5.40. The van der Waals surface area contributed by atoms with Crippen LogP contribution in [0.2, 0.25) is 0 Å². The molecule has 0 saturated carbocycles. The van der Waals surface area contributed by atoms with Crippen molar-refractivity contribution in [3.8, 4) is 6.07 Å². The molecular formula is C28H36N6O3. The molecule has 196 valence electrons. The minimum absolute atomic E-state index is 0.0519. The largest absolute Gasteiger partial charge is 0.366 e. The Bertz CT molecular complexity index is 1150. The summed E-state index contributed by atoms with van der Waals surface area (Å²) in [6.45, 7) is 11.3. The summed E-state index contributed by atoms with van der Waals surface area (Å²) in [5.41, 5.74) is 1.40. The van der Waals surface area contributed by atoms with Crippen molar-refractivity contribution in [3.63, 3.8) is 0 Å². The molecule has 1 aromatic heterocycles. The summed E-state index contributed by atoms with van der Waals surface area (Å²) in [5.74, 6) is -0.222. The monoisotopic (exact) mass is 504 g/mol. The van der Waals surface area contributed by atoms with E-state index in [1.165, 1.54) is 6.08 Å². The van der Waals surface area contributed by atoms with E-state index in [1.54, 1.807) is 16.0 Å². The third kappa shape index (κ3) is 5.74. The normalized spacial score (nSPS) is 20.6. The van der Waals surface area contributed by atoms with Crippen molar-refractivity contribution in [3.05, 3.63) is 36.3 Å². The van der Waals surface area contributed by atoms with Crippen molar-refractivity contribution in [1.29, 1.82) is 5.26 Å². The van der Waals surface area contributed by atoms with Crippen LogP contribution in [0, 0.1) is 22.7 Å². The first-order chi connectivity index (χ1) is 17.6. The lowest BCUT2D eigenvalue weighted by Crippen LogP contribution is -2.44. The number of carbonyl (C=O) groups excluding carboxylic acids is 3. The first-order valence-corrected chi connectivity index (χ1v) is 13.1. The lowest BCUT2D eigenvalue weighted by atomic mass is 9.76.